The fraction of sp³-hybridized carbons (Fsp3) is 0.458. The summed E-state index contributed by atoms with van der Waals surface area (Å²) in [4.78, 5) is 23.2. The molecule has 36 heavy (non-hydrogen) atoms. The summed E-state index contributed by atoms with van der Waals surface area (Å²) in [6, 6.07) is 4.15. The van der Waals surface area contributed by atoms with Crippen LogP contribution in [0.4, 0.5) is 31.1 Å². The molecule has 194 valence electrons. The van der Waals surface area contributed by atoms with Crippen LogP contribution >= 0.6 is 0 Å². The van der Waals surface area contributed by atoms with E-state index in [1.807, 2.05) is 0 Å². The molecular weight excluding hydrogens is 490 g/mol. The number of imidazole rings is 1. The number of ether oxygens (including phenoxy) is 1. The Morgan fingerprint density at radius 2 is 1.69 bits per heavy atom. The summed E-state index contributed by atoms with van der Waals surface area (Å²) in [7, 11) is 0. The van der Waals surface area contributed by atoms with Gasteiger partial charge in [-0.1, -0.05) is 0 Å². The summed E-state index contributed by atoms with van der Waals surface area (Å²) in [5.74, 6) is 0.318. The van der Waals surface area contributed by atoms with Gasteiger partial charge in [0.1, 0.15) is 16.9 Å². The van der Waals surface area contributed by atoms with Crippen molar-refractivity contribution in [3.8, 4) is 0 Å². The molecule has 0 bridgehead atoms. The number of nitrogens with zero attached hydrogens (tertiary/aromatic N) is 4. The summed E-state index contributed by atoms with van der Waals surface area (Å²) in [5.41, 5.74) is -3.07. The first-order valence-corrected chi connectivity index (χ1v) is 11.2. The van der Waals surface area contributed by atoms with Crippen molar-refractivity contribution in [2.24, 2.45) is 0 Å². The van der Waals surface area contributed by atoms with Gasteiger partial charge in [0.25, 0.3) is 0 Å². The molecule has 12 heteroatoms. The van der Waals surface area contributed by atoms with Gasteiger partial charge in [0, 0.05) is 12.7 Å². The predicted molar refractivity (Wildman–Crippen MR) is 118 cm³/mol. The highest BCUT2D eigenvalue weighted by Gasteiger charge is 2.38. The second-order valence-electron chi connectivity index (χ2n) is 9.65. The highest BCUT2D eigenvalue weighted by molar-refractivity contribution is 5.73. The predicted octanol–water partition coefficient (Wildman–Crippen LogP) is 6.59. The molecule has 0 spiro atoms. The van der Waals surface area contributed by atoms with E-state index in [4.69, 9.17) is 4.74 Å². The number of alkyl halides is 6. The Kier molecular flexibility index (Phi) is 6.42. The minimum absolute atomic E-state index is 0.0931. The quantitative estimate of drug-likeness (QED) is 0.370. The van der Waals surface area contributed by atoms with Crippen LogP contribution in [0.15, 0.2) is 36.5 Å². The van der Waals surface area contributed by atoms with Crippen molar-refractivity contribution in [1.29, 1.82) is 0 Å². The average Bonchev–Trinajstić information content (AvgIpc) is 3.36. The molecule has 3 aromatic rings. The second kappa shape index (κ2) is 8.97. The number of rotatable bonds is 3. The molecule has 0 N–H and O–H groups in total. The van der Waals surface area contributed by atoms with E-state index in [1.54, 1.807) is 32.9 Å². The zero-order valence-electron chi connectivity index (χ0n) is 19.7. The van der Waals surface area contributed by atoms with Gasteiger partial charge in [-0.05, 0) is 69.5 Å². The van der Waals surface area contributed by atoms with Crippen LogP contribution in [0.3, 0.4) is 0 Å². The first kappa shape index (κ1) is 25.8. The van der Waals surface area contributed by atoms with Crippen LogP contribution in [0.25, 0.3) is 11.2 Å². The normalized spacial score (nSPS) is 17.1. The molecular formula is C24H24F6N4O2. The third-order valence-corrected chi connectivity index (χ3v) is 5.70. The summed E-state index contributed by atoms with van der Waals surface area (Å²) in [6.07, 6.45) is -7.92. The summed E-state index contributed by atoms with van der Waals surface area (Å²) >= 11 is 0. The Labute approximate surface area is 202 Å². The fourth-order valence-electron chi connectivity index (χ4n) is 4.25. The van der Waals surface area contributed by atoms with Crippen molar-refractivity contribution in [3.63, 3.8) is 0 Å². The van der Waals surface area contributed by atoms with Crippen molar-refractivity contribution >= 4 is 17.3 Å². The molecule has 3 heterocycles. The van der Waals surface area contributed by atoms with Crippen LogP contribution in [-0.4, -0.2) is 37.7 Å². The monoisotopic (exact) mass is 514 g/mol. The van der Waals surface area contributed by atoms with E-state index >= 15 is 0 Å². The van der Waals surface area contributed by atoms with E-state index in [0.29, 0.717) is 42.9 Å². The first-order valence-electron chi connectivity index (χ1n) is 11.2. The highest BCUT2D eigenvalue weighted by Crippen LogP contribution is 2.38. The molecule has 1 aliphatic heterocycles. The van der Waals surface area contributed by atoms with Gasteiger partial charge < -0.3 is 9.30 Å². The SMILES string of the molecule is CC(C)(C)OC(=O)N1CCC[C@@H]1c1nc2cccnc2n1Cc1cc(C(F)(F)F)cc(C(F)(F)F)c1. The molecule has 4 rings (SSSR count). The van der Waals surface area contributed by atoms with Crippen LogP contribution in [0.1, 0.15) is 62.2 Å². The van der Waals surface area contributed by atoms with Crippen molar-refractivity contribution in [3.05, 3.63) is 59.0 Å². The number of halogens is 6. The number of carbonyl (C=O) groups excluding carboxylic acids is 1. The zero-order chi connectivity index (χ0) is 26.5. The summed E-state index contributed by atoms with van der Waals surface area (Å²) in [5, 5.41) is 0. The maximum atomic E-state index is 13.4. The van der Waals surface area contributed by atoms with Crippen LogP contribution < -0.4 is 0 Å². The van der Waals surface area contributed by atoms with Crippen LogP contribution in [0, 0.1) is 0 Å². The Hall–Kier alpha value is -3.31. The summed E-state index contributed by atoms with van der Waals surface area (Å²) in [6.45, 7) is 5.19. The lowest BCUT2D eigenvalue weighted by Gasteiger charge is -2.28. The van der Waals surface area contributed by atoms with Gasteiger partial charge in [-0.25, -0.2) is 14.8 Å². The highest BCUT2D eigenvalue weighted by atomic mass is 19.4. The average molecular weight is 514 g/mol. The molecule has 0 radical (unpaired) electrons. The lowest BCUT2D eigenvalue weighted by atomic mass is 10.0. The van der Waals surface area contributed by atoms with E-state index < -0.39 is 41.2 Å². The third kappa shape index (κ3) is 5.41. The number of aromatic nitrogens is 3. The first-order chi connectivity index (χ1) is 16.6. The van der Waals surface area contributed by atoms with Crippen molar-refractivity contribution in [1.82, 2.24) is 19.4 Å². The van der Waals surface area contributed by atoms with Crippen LogP contribution in [0.2, 0.25) is 0 Å². The van der Waals surface area contributed by atoms with Gasteiger partial charge >= 0.3 is 18.4 Å². The lowest BCUT2D eigenvalue weighted by Crippen LogP contribution is -2.37. The number of amides is 1. The van der Waals surface area contributed by atoms with Gasteiger partial charge in [-0.3, -0.25) is 4.90 Å². The molecule has 0 unspecified atom stereocenters. The van der Waals surface area contributed by atoms with Crippen molar-refractivity contribution < 1.29 is 35.9 Å². The minimum atomic E-state index is -4.97. The number of carbonyl (C=O) groups is 1. The van der Waals surface area contributed by atoms with E-state index in [0.717, 1.165) is 0 Å². The van der Waals surface area contributed by atoms with Crippen molar-refractivity contribution in [2.45, 2.75) is 64.2 Å². The maximum Gasteiger partial charge on any atom is 0.416 e. The largest absolute Gasteiger partial charge is 0.444 e. The van der Waals surface area contributed by atoms with E-state index in [9.17, 15) is 31.1 Å². The Balaban J connectivity index is 1.80. The number of hydrogen-bond donors (Lipinski definition) is 0. The van der Waals surface area contributed by atoms with Gasteiger partial charge in [0.05, 0.1) is 23.7 Å². The Bertz CT molecular complexity index is 1240. The van der Waals surface area contributed by atoms with Crippen LogP contribution in [-0.2, 0) is 23.6 Å². The molecule has 1 fully saturated rings. The third-order valence-electron chi connectivity index (χ3n) is 5.70. The second-order valence-corrected chi connectivity index (χ2v) is 9.65. The van der Waals surface area contributed by atoms with Crippen LogP contribution in [0.5, 0.6) is 0 Å². The smallest absolute Gasteiger partial charge is 0.416 e. The number of fused-ring (bicyclic) bond motifs is 1. The molecule has 0 aliphatic carbocycles. The van der Waals surface area contributed by atoms with Gasteiger partial charge in [-0.15, -0.1) is 0 Å². The van der Waals surface area contributed by atoms with Crippen molar-refractivity contribution in [2.75, 3.05) is 6.54 Å². The van der Waals surface area contributed by atoms with Gasteiger partial charge in [-0.2, -0.15) is 26.3 Å². The fourth-order valence-corrected chi connectivity index (χ4v) is 4.25. The van der Waals surface area contributed by atoms with Gasteiger partial charge in [0.15, 0.2) is 5.65 Å². The molecule has 1 atom stereocenters. The molecule has 1 aliphatic rings. The van der Waals surface area contributed by atoms with E-state index in [1.165, 1.54) is 15.7 Å². The number of pyridine rings is 1. The van der Waals surface area contributed by atoms with E-state index in [2.05, 4.69) is 9.97 Å². The minimum Gasteiger partial charge on any atom is -0.444 e. The standard InChI is InChI=1S/C24H24F6N4O2/c1-22(2,3)36-21(35)33-9-5-7-18(33)20-32-17-6-4-8-31-19(17)34(20)13-14-10-15(23(25,26)27)12-16(11-14)24(28,29)30/h4,6,8,10-12,18H,5,7,9,13H2,1-3H3/t18-/m1/s1. The van der Waals surface area contributed by atoms with Gasteiger partial charge in [0.2, 0.25) is 0 Å². The molecule has 6 nitrogen and oxygen atoms in total. The number of benzene rings is 1. The molecule has 2 aromatic heterocycles. The number of likely N-dealkylation sites (tertiary alicyclic amines) is 1. The molecule has 1 aromatic carbocycles. The molecule has 1 amide bonds. The maximum absolute atomic E-state index is 13.4. The van der Waals surface area contributed by atoms with E-state index in [-0.39, 0.29) is 23.8 Å². The topological polar surface area (TPSA) is 60.2 Å². The molecule has 0 saturated carbocycles. The molecule has 1 saturated heterocycles. The Morgan fingerprint density at radius 3 is 2.28 bits per heavy atom. The lowest BCUT2D eigenvalue weighted by molar-refractivity contribution is -0.143. The zero-order valence-corrected chi connectivity index (χ0v) is 19.7. The number of hydrogen-bond acceptors (Lipinski definition) is 4. The Morgan fingerprint density at radius 1 is 1.06 bits per heavy atom. The summed E-state index contributed by atoms with van der Waals surface area (Å²) < 4.78 is 87.4.